The number of nitrogens with zero attached hydrogens (tertiary/aromatic N) is 2. The molecule has 96 valence electrons. The van der Waals surface area contributed by atoms with E-state index in [0.29, 0.717) is 5.91 Å². The average molecular weight is 245 g/mol. The Balaban J connectivity index is 1.82. The smallest absolute Gasteiger partial charge is 0.228 e. The number of nitrogens with one attached hydrogen (secondary N) is 1. The standard InChI is InChI=1S/C14H19N3O/c1-16-6-7-17(14(18)12-8-15-9-12)10-11-4-2-3-5-13(11)16/h2-5,12,15H,6-10H2,1H3. The highest BCUT2D eigenvalue weighted by atomic mass is 16.2. The average Bonchev–Trinajstić information content (AvgIpc) is 2.47. The SMILES string of the molecule is CN1CCN(C(=O)C2CNC2)Cc2ccccc21. The molecule has 0 atom stereocenters. The molecule has 2 aliphatic heterocycles. The Morgan fingerprint density at radius 2 is 2.06 bits per heavy atom. The molecule has 0 radical (unpaired) electrons. The number of para-hydroxylation sites is 1. The van der Waals surface area contributed by atoms with Crippen molar-refractivity contribution in [3.05, 3.63) is 29.8 Å². The summed E-state index contributed by atoms with van der Waals surface area (Å²) >= 11 is 0. The summed E-state index contributed by atoms with van der Waals surface area (Å²) in [5.74, 6) is 0.499. The summed E-state index contributed by atoms with van der Waals surface area (Å²) in [6.07, 6.45) is 0. The molecule has 0 aromatic heterocycles. The molecule has 3 rings (SSSR count). The van der Waals surface area contributed by atoms with Crippen LogP contribution >= 0.6 is 0 Å². The number of fused-ring (bicyclic) bond motifs is 1. The summed E-state index contributed by atoms with van der Waals surface area (Å²) in [4.78, 5) is 16.6. The molecule has 0 spiro atoms. The predicted molar refractivity (Wildman–Crippen MR) is 71.5 cm³/mol. The van der Waals surface area contributed by atoms with Crippen LogP contribution in [-0.2, 0) is 11.3 Å². The van der Waals surface area contributed by atoms with Crippen LogP contribution in [0, 0.1) is 5.92 Å². The molecule has 2 aliphatic rings. The van der Waals surface area contributed by atoms with Crippen molar-refractivity contribution in [2.45, 2.75) is 6.54 Å². The maximum absolute atomic E-state index is 12.3. The van der Waals surface area contributed by atoms with E-state index in [4.69, 9.17) is 0 Å². The molecular weight excluding hydrogens is 226 g/mol. The highest BCUT2D eigenvalue weighted by Gasteiger charge is 2.30. The van der Waals surface area contributed by atoms with Crippen LogP contribution in [0.5, 0.6) is 0 Å². The van der Waals surface area contributed by atoms with E-state index in [1.807, 2.05) is 11.0 Å². The van der Waals surface area contributed by atoms with Crippen LogP contribution in [0.15, 0.2) is 24.3 Å². The van der Waals surface area contributed by atoms with Crippen LogP contribution in [0.25, 0.3) is 0 Å². The molecule has 1 amide bonds. The molecule has 1 aromatic rings. The van der Waals surface area contributed by atoms with Gasteiger partial charge in [0.1, 0.15) is 0 Å². The van der Waals surface area contributed by atoms with E-state index in [2.05, 4.69) is 35.5 Å². The fourth-order valence-corrected chi connectivity index (χ4v) is 2.60. The lowest BCUT2D eigenvalue weighted by Crippen LogP contribution is -2.52. The Bertz CT molecular complexity index is 456. The van der Waals surface area contributed by atoms with Gasteiger partial charge in [-0.25, -0.2) is 0 Å². The molecule has 4 heteroatoms. The van der Waals surface area contributed by atoms with E-state index in [9.17, 15) is 4.79 Å². The third kappa shape index (κ3) is 1.97. The number of amides is 1. The number of hydrogen-bond acceptors (Lipinski definition) is 3. The van der Waals surface area contributed by atoms with Crippen molar-refractivity contribution in [1.82, 2.24) is 10.2 Å². The first-order valence-corrected chi connectivity index (χ1v) is 6.54. The maximum atomic E-state index is 12.3. The number of anilines is 1. The van der Waals surface area contributed by atoms with Gasteiger partial charge in [-0.15, -0.1) is 0 Å². The summed E-state index contributed by atoms with van der Waals surface area (Å²) in [5, 5.41) is 3.17. The van der Waals surface area contributed by atoms with E-state index in [0.717, 1.165) is 32.7 Å². The summed E-state index contributed by atoms with van der Waals surface area (Å²) in [6.45, 7) is 4.15. The molecule has 0 bridgehead atoms. The van der Waals surface area contributed by atoms with Crippen molar-refractivity contribution in [3.63, 3.8) is 0 Å². The monoisotopic (exact) mass is 245 g/mol. The maximum Gasteiger partial charge on any atom is 0.228 e. The van der Waals surface area contributed by atoms with Crippen LogP contribution in [-0.4, -0.2) is 44.0 Å². The zero-order chi connectivity index (χ0) is 12.5. The molecular formula is C14H19N3O. The first-order chi connectivity index (χ1) is 8.75. The van der Waals surface area contributed by atoms with Crippen molar-refractivity contribution < 1.29 is 4.79 Å². The van der Waals surface area contributed by atoms with Crippen molar-refractivity contribution in [2.75, 3.05) is 38.1 Å². The number of rotatable bonds is 1. The molecule has 2 heterocycles. The van der Waals surface area contributed by atoms with Gasteiger partial charge in [-0.3, -0.25) is 4.79 Å². The largest absolute Gasteiger partial charge is 0.373 e. The van der Waals surface area contributed by atoms with Crippen LogP contribution in [0.1, 0.15) is 5.56 Å². The molecule has 1 aromatic carbocycles. The van der Waals surface area contributed by atoms with E-state index >= 15 is 0 Å². The number of hydrogen-bond donors (Lipinski definition) is 1. The normalized spacial score (nSPS) is 20.1. The first kappa shape index (κ1) is 11.5. The molecule has 0 unspecified atom stereocenters. The second kappa shape index (κ2) is 4.61. The van der Waals surface area contributed by atoms with Crippen LogP contribution < -0.4 is 10.2 Å². The lowest BCUT2D eigenvalue weighted by molar-refractivity contribution is -0.137. The van der Waals surface area contributed by atoms with Gasteiger partial charge in [0.05, 0.1) is 5.92 Å². The van der Waals surface area contributed by atoms with Crippen molar-refractivity contribution in [1.29, 1.82) is 0 Å². The Labute approximate surface area is 108 Å². The summed E-state index contributed by atoms with van der Waals surface area (Å²) in [6, 6.07) is 8.36. The zero-order valence-electron chi connectivity index (χ0n) is 10.7. The third-order valence-electron chi connectivity index (χ3n) is 3.91. The minimum Gasteiger partial charge on any atom is -0.373 e. The highest BCUT2D eigenvalue weighted by molar-refractivity contribution is 5.80. The van der Waals surface area contributed by atoms with E-state index in [1.54, 1.807) is 0 Å². The molecule has 1 saturated heterocycles. The van der Waals surface area contributed by atoms with Gasteiger partial charge >= 0.3 is 0 Å². The number of carbonyl (C=O) groups is 1. The summed E-state index contributed by atoms with van der Waals surface area (Å²) in [7, 11) is 2.09. The molecule has 0 saturated carbocycles. The second-order valence-corrected chi connectivity index (χ2v) is 5.17. The predicted octanol–water partition coefficient (Wildman–Crippen LogP) is 0.684. The van der Waals surface area contributed by atoms with Gasteiger partial charge in [-0.05, 0) is 11.6 Å². The van der Waals surface area contributed by atoms with Crippen LogP contribution in [0.4, 0.5) is 5.69 Å². The second-order valence-electron chi connectivity index (χ2n) is 5.17. The quantitative estimate of drug-likeness (QED) is 0.790. The number of likely N-dealkylation sites (N-methyl/N-ethyl adjacent to an activating group) is 1. The Morgan fingerprint density at radius 1 is 1.28 bits per heavy atom. The molecule has 4 nitrogen and oxygen atoms in total. The minimum absolute atomic E-state index is 0.195. The Kier molecular flexibility index (Phi) is 2.96. The van der Waals surface area contributed by atoms with E-state index < -0.39 is 0 Å². The molecule has 18 heavy (non-hydrogen) atoms. The van der Waals surface area contributed by atoms with Gasteiger partial charge in [0.15, 0.2) is 0 Å². The minimum atomic E-state index is 0.195. The van der Waals surface area contributed by atoms with Crippen molar-refractivity contribution >= 4 is 11.6 Å². The van der Waals surface area contributed by atoms with Crippen molar-refractivity contribution in [3.8, 4) is 0 Å². The van der Waals surface area contributed by atoms with E-state index in [1.165, 1.54) is 11.3 Å². The number of carbonyl (C=O) groups excluding carboxylic acids is 1. The molecule has 1 N–H and O–H groups in total. The number of benzene rings is 1. The van der Waals surface area contributed by atoms with Gasteiger partial charge in [0.2, 0.25) is 5.91 Å². The van der Waals surface area contributed by atoms with Gasteiger partial charge in [-0.1, -0.05) is 18.2 Å². The molecule has 0 aliphatic carbocycles. The summed E-state index contributed by atoms with van der Waals surface area (Å²) in [5.41, 5.74) is 2.50. The van der Waals surface area contributed by atoms with Crippen LogP contribution in [0.2, 0.25) is 0 Å². The van der Waals surface area contributed by atoms with Gasteiger partial charge < -0.3 is 15.1 Å². The molecule has 1 fully saturated rings. The lowest BCUT2D eigenvalue weighted by Gasteiger charge is -2.31. The fraction of sp³-hybridized carbons (Fsp3) is 0.500. The van der Waals surface area contributed by atoms with E-state index in [-0.39, 0.29) is 5.92 Å². The lowest BCUT2D eigenvalue weighted by atomic mass is 10.0. The Hall–Kier alpha value is -1.55. The first-order valence-electron chi connectivity index (χ1n) is 6.54. The van der Waals surface area contributed by atoms with Gasteiger partial charge in [0.25, 0.3) is 0 Å². The summed E-state index contributed by atoms with van der Waals surface area (Å²) < 4.78 is 0. The topological polar surface area (TPSA) is 35.6 Å². The van der Waals surface area contributed by atoms with Gasteiger partial charge in [0, 0.05) is 45.5 Å². The van der Waals surface area contributed by atoms with Gasteiger partial charge in [-0.2, -0.15) is 0 Å². The zero-order valence-corrected chi connectivity index (χ0v) is 10.7. The van der Waals surface area contributed by atoms with Crippen LogP contribution in [0.3, 0.4) is 0 Å². The Morgan fingerprint density at radius 3 is 2.78 bits per heavy atom. The fourth-order valence-electron chi connectivity index (χ4n) is 2.60. The van der Waals surface area contributed by atoms with Crippen molar-refractivity contribution in [2.24, 2.45) is 5.92 Å². The third-order valence-corrected chi connectivity index (χ3v) is 3.91. The highest BCUT2D eigenvalue weighted by Crippen LogP contribution is 2.24.